The molecule has 33 heavy (non-hydrogen) atoms. The van der Waals surface area contributed by atoms with Crippen LogP contribution in [0, 0.1) is 0 Å². The van der Waals surface area contributed by atoms with Gasteiger partial charge in [0.1, 0.15) is 6.61 Å². The Morgan fingerprint density at radius 3 is 2.39 bits per heavy atom. The second-order valence-corrected chi connectivity index (χ2v) is 9.13. The minimum absolute atomic E-state index is 0.0195. The van der Waals surface area contributed by atoms with Crippen LogP contribution in [0.3, 0.4) is 0 Å². The molecule has 0 unspecified atom stereocenters. The van der Waals surface area contributed by atoms with Gasteiger partial charge in [-0.25, -0.2) is 9.59 Å². The summed E-state index contributed by atoms with van der Waals surface area (Å²) in [5.41, 5.74) is 0.739. The summed E-state index contributed by atoms with van der Waals surface area (Å²) in [4.78, 5) is 42.3. The van der Waals surface area contributed by atoms with Gasteiger partial charge < -0.3 is 24.4 Å². The molecule has 2 amide bonds. The third-order valence-electron chi connectivity index (χ3n) is 5.97. The first kappa shape index (κ1) is 25.6. The zero-order valence-electron chi connectivity index (χ0n) is 18.5. The second-order valence-electron chi connectivity index (χ2n) is 8.32. The number of carbonyl (C=O) groups excluding carboxylic acids is 2. The van der Waals surface area contributed by atoms with E-state index in [1.165, 1.54) is 12.0 Å². The van der Waals surface area contributed by atoms with Crippen LogP contribution in [0.2, 0.25) is 10.0 Å². The highest BCUT2D eigenvalue weighted by Crippen LogP contribution is 2.25. The molecule has 2 aliphatic heterocycles. The summed E-state index contributed by atoms with van der Waals surface area (Å²) < 4.78 is 10.2. The van der Waals surface area contributed by atoms with Gasteiger partial charge in [0.15, 0.2) is 0 Å². The van der Waals surface area contributed by atoms with Gasteiger partial charge in [-0.05, 0) is 43.6 Å². The Morgan fingerprint density at radius 1 is 1.06 bits per heavy atom. The maximum Gasteiger partial charge on any atom is 0.409 e. The van der Waals surface area contributed by atoms with Crippen LogP contribution in [0.15, 0.2) is 18.2 Å². The third kappa shape index (κ3) is 6.96. The summed E-state index contributed by atoms with van der Waals surface area (Å²) in [7, 11) is 1.30. The van der Waals surface area contributed by atoms with E-state index in [4.69, 9.17) is 37.8 Å². The standard InChI is InChI=1S/C22H29Cl2N3O6/c1-32-22(31)27-11-16(10-25-6-2-3-7-25)26(12-17(27)13-33-14-21(29)30)20(28)9-15-4-5-18(23)19(24)8-15/h4-5,8,16-17H,2-3,6-7,9-14H2,1H3,(H,29,30)/t16-,17+/m1/s1. The van der Waals surface area contributed by atoms with Crippen molar-refractivity contribution in [2.24, 2.45) is 0 Å². The topological polar surface area (TPSA) is 99.6 Å². The number of carbonyl (C=O) groups is 3. The van der Waals surface area contributed by atoms with Gasteiger partial charge in [-0.2, -0.15) is 0 Å². The first-order valence-electron chi connectivity index (χ1n) is 10.9. The number of hydrogen-bond donors (Lipinski definition) is 1. The fourth-order valence-corrected chi connectivity index (χ4v) is 4.69. The minimum atomic E-state index is -1.10. The van der Waals surface area contributed by atoms with Crippen LogP contribution in [-0.4, -0.2) is 103 Å². The number of benzene rings is 1. The molecule has 1 aromatic carbocycles. The largest absolute Gasteiger partial charge is 0.480 e. The molecule has 11 heteroatoms. The Kier molecular flexibility index (Phi) is 9.19. The van der Waals surface area contributed by atoms with E-state index in [2.05, 4.69) is 4.90 Å². The lowest BCUT2D eigenvalue weighted by Crippen LogP contribution is -2.64. The maximum absolute atomic E-state index is 13.4. The fraction of sp³-hybridized carbons (Fsp3) is 0.591. The molecule has 2 heterocycles. The number of amides is 2. The van der Waals surface area contributed by atoms with Crippen LogP contribution in [-0.2, 0) is 25.5 Å². The molecule has 2 saturated heterocycles. The van der Waals surface area contributed by atoms with Gasteiger partial charge in [-0.3, -0.25) is 9.69 Å². The zero-order valence-corrected chi connectivity index (χ0v) is 20.1. The Balaban J connectivity index is 1.79. The lowest BCUT2D eigenvalue weighted by atomic mass is 10.0. The number of ether oxygens (including phenoxy) is 2. The summed E-state index contributed by atoms with van der Waals surface area (Å²) in [5, 5.41) is 9.69. The van der Waals surface area contributed by atoms with Crippen molar-refractivity contribution in [2.75, 3.05) is 53.0 Å². The molecule has 0 radical (unpaired) electrons. The lowest BCUT2D eigenvalue weighted by molar-refractivity contribution is -0.145. The fourth-order valence-electron chi connectivity index (χ4n) is 4.37. The monoisotopic (exact) mass is 501 g/mol. The van der Waals surface area contributed by atoms with E-state index in [1.54, 1.807) is 23.1 Å². The number of aliphatic carboxylic acids is 1. The number of halogens is 2. The highest BCUT2D eigenvalue weighted by molar-refractivity contribution is 6.42. The van der Waals surface area contributed by atoms with E-state index < -0.39 is 24.7 Å². The van der Waals surface area contributed by atoms with E-state index in [0.717, 1.165) is 31.5 Å². The molecule has 1 N–H and O–H groups in total. The van der Waals surface area contributed by atoms with Crippen LogP contribution in [0.5, 0.6) is 0 Å². The molecule has 0 aliphatic carbocycles. The van der Waals surface area contributed by atoms with Gasteiger partial charge >= 0.3 is 12.1 Å². The zero-order chi connectivity index (χ0) is 24.0. The molecule has 2 aliphatic rings. The molecule has 1 aromatic rings. The van der Waals surface area contributed by atoms with E-state index in [9.17, 15) is 14.4 Å². The number of rotatable bonds is 8. The molecule has 2 atom stereocenters. The SMILES string of the molecule is COC(=O)N1C[C@@H](CN2CCCC2)N(C(=O)Cc2ccc(Cl)c(Cl)c2)C[C@H]1COCC(=O)O. The smallest absolute Gasteiger partial charge is 0.409 e. The first-order chi connectivity index (χ1) is 15.8. The number of methoxy groups -OCH3 is 1. The average Bonchev–Trinajstić information content (AvgIpc) is 3.29. The van der Waals surface area contributed by atoms with Gasteiger partial charge in [0.2, 0.25) is 5.91 Å². The van der Waals surface area contributed by atoms with Crippen molar-refractivity contribution >= 4 is 41.2 Å². The normalized spacial score (nSPS) is 21.3. The highest BCUT2D eigenvalue weighted by Gasteiger charge is 2.40. The van der Waals surface area contributed by atoms with E-state index in [-0.39, 0.29) is 38.1 Å². The molecule has 3 rings (SSSR count). The Morgan fingerprint density at radius 2 is 1.76 bits per heavy atom. The summed E-state index contributed by atoms with van der Waals surface area (Å²) in [6.45, 7) is 2.53. The lowest BCUT2D eigenvalue weighted by Gasteiger charge is -2.46. The van der Waals surface area contributed by atoms with E-state index in [1.807, 2.05) is 0 Å². The number of carboxylic acids is 1. The van der Waals surface area contributed by atoms with E-state index >= 15 is 0 Å². The number of hydrogen-bond acceptors (Lipinski definition) is 6. The van der Waals surface area contributed by atoms with Crippen LogP contribution in [0.25, 0.3) is 0 Å². The number of nitrogens with zero attached hydrogens (tertiary/aromatic N) is 3. The van der Waals surface area contributed by atoms with Gasteiger partial charge in [-0.1, -0.05) is 29.3 Å². The summed E-state index contributed by atoms with van der Waals surface area (Å²) in [5.74, 6) is -1.21. The van der Waals surface area contributed by atoms with Crippen molar-refractivity contribution in [1.82, 2.24) is 14.7 Å². The van der Waals surface area contributed by atoms with Crippen molar-refractivity contribution in [3.63, 3.8) is 0 Å². The Hall–Kier alpha value is -2.07. The van der Waals surface area contributed by atoms with Crippen LogP contribution < -0.4 is 0 Å². The molecular weight excluding hydrogens is 473 g/mol. The summed E-state index contributed by atoms with van der Waals surface area (Å²) in [6.07, 6.45) is 1.82. The Bertz CT molecular complexity index is 865. The number of likely N-dealkylation sites (tertiary alicyclic amines) is 1. The van der Waals surface area contributed by atoms with Gasteiger partial charge in [-0.15, -0.1) is 0 Å². The van der Waals surface area contributed by atoms with Crippen molar-refractivity contribution in [1.29, 1.82) is 0 Å². The molecule has 182 valence electrons. The quantitative estimate of drug-likeness (QED) is 0.583. The summed E-state index contributed by atoms with van der Waals surface area (Å²) in [6, 6.07) is 4.35. The molecule has 2 fully saturated rings. The van der Waals surface area contributed by atoms with Crippen LogP contribution in [0.4, 0.5) is 4.79 Å². The number of piperazine rings is 1. The molecule has 9 nitrogen and oxygen atoms in total. The highest BCUT2D eigenvalue weighted by atomic mass is 35.5. The predicted octanol–water partition coefficient (Wildman–Crippen LogP) is 2.38. The molecule has 0 spiro atoms. The van der Waals surface area contributed by atoms with Gasteiger partial charge in [0.25, 0.3) is 0 Å². The maximum atomic E-state index is 13.4. The van der Waals surface area contributed by atoms with Crippen molar-refractivity contribution < 1.29 is 29.0 Å². The predicted molar refractivity (Wildman–Crippen MR) is 123 cm³/mol. The molecule has 0 saturated carbocycles. The van der Waals surface area contributed by atoms with E-state index in [0.29, 0.717) is 16.6 Å². The van der Waals surface area contributed by atoms with Crippen molar-refractivity contribution in [3.8, 4) is 0 Å². The van der Waals surface area contributed by atoms with Crippen LogP contribution >= 0.6 is 23.2 Å². The van der Waals surface area contributed by atoms with Crippen molar-refractivity contribution in [3.05, 3.63) is 33.8 Å². The first-order valence-corrected chi connectivity index (χ1v) is 11.6. The third-order valence-corrected chi connectivity index (χ3v) is 6.71. The molecule has 0 aromatic heterocycles. The Labute approximate surface area is 203 Å². The number of carboxylic acid groups (broad SMARTS) is 1. The second kappa shape index (κ2) is 11.9. The van der Waals surface area contributed by atoms with Crippen molar-refractivity contribution in [2.45, 2.75) is 31.3 Å². The van der Waals surface area contributed by atoms with Gasteiger partial charge in [0, 0.05) is 19.6 Å². The minimum Gasteiger partial charge on any atom is -0.480 e. The molecule has 0 bridgehead atoms. The summed E-state index contributed by atoms with van der Waals surface area (Å²) >= 11 is 12.1. The van der Waals surface area contributed by atoms with Gasteiger partial charge in [0.05, 0.1) is 42.3 Å². The molecular formula is C22H29Cl2N3O6. The average molecular weight is 502 g/mol. The van der Waals surface area contributed by atoms with Crippen LogP contribution in [0.1, 0.15) is 18.4 Å².